The monoisotopic (exact) mass is 158 g/mol. The predicted octanol–water partition coefficient (Wildman–Crippen LogP) is 3.14. The average Bonchev–Trinajstić information content (AvgIpc) is 2.62. The highest BCUT2D eigenvalue weighted by Crippen LogP contribution is 2.49. The van der Waals surface area contributed by atoms with Gasteiger partial charge in [-0.25, -0.2) is 0 Å². The van der Waals surface area contributed by atoms with Crippen LogP contribution in [0.15, 0.2) is 11.6 Å². The molecular weight excluding hydrogens is 146 g/mol. The van der Waals surface area contributed by atoms with Crippen molar-refractivity contribution < 1.29 is 8.78 Å². The molecule has 1 saturated carbocycles. The molecule has 62 valence electrons. The van der Waals surface area contributed by atoms with Crippen molar-refractivity contribution in [2.75, 3.05) is 0 Å². The highest BCUT2D eigenvalue weighted by Gasteiger charge is 2.48. The van der Waals surface area contributed by atoms with Crippen LogP contribution in [0.5, 0.6) is 0 Å². The molecule has 0 radical (unpaired) electrons. The van der Waals surface area contributed by atoms with E-state index in [-0.39, 0.29) is 5.92 Å². The minimum absolute atomic E-state index is 0.221. The summed E-state index contributed by atoms with van der Waals surface area (Å²) in [6.07, 6.45) is 6.61. The molecule has 1 fully saturated rings. The van der Waals surface area contributed by atoms with Gasteiger partial charge in [0.1, 0.15) is 0 Å². The minimum atomic E-state index is -2.48. The van der Waals surface area contributed by atoms with Gasteiger partial charge in [-0.3, -0.25) is 0 Å². The van der Waals surface area contributed by atoms with Gasteiger partial charge in [-0.15, -0.1) is 0 Å². The quantitative estimate of drug-likeness (QED) is 0.514. The summed E-state index contributed by atoms with van der Waals surface area (Å²) < 4.78 is 25.0. The van der Waals surface area contributed by atoms with Crippen LogP contribution in [-0.4, -0.2) is 5.92 Å². The maximum absolute atomic E-state index is 12.5. The van der Waals surface area contributed by atoms with Crippen molar-refractivity contribution in [3.63, 3.8) is 0 Å². The van der Waals surface area contributed by atoms with Gasteiger partial charge in [-0.2, -0.15) is 8.78 Å². The first-order valence-corrected chi connectivity index (χ1v) is 4.31. The van der Waals surface area contributed by atoms with E-state index in [1.165, 1.54) is 6.42 Å². The van der Waals surface area contributed by atoms with Gasteiger partial charge in [0.15, 0.2) is 0 Å². The molecule has 2 aliphatic rings. The first-order chi connectivity index (χ1) is 5.20. The lowest BCUT2D eigenvalue weighted by atomic mass is 9.87. The standard InChI is InChI=1S/C9H12F2/c10-9(11)6-8(9)7-4-2-1-3-5-7/h6-7H,1-5H2. The second kappa shape index (κ2) is 2.29. The summed E-state index contributed by atoms with van der Waals surface area (Å²) in [7, 11) is 0. The number of hydrogen-bond donors (Lipinski definition) is 0. The summed E-state index contributed by atoms with van der Waals surface area (Å²) in [4.78, 5) is 0. The SMILES string of the molecule is FC1(F)C=C1C1CCCCC1. The van der Waals surface area contributed by atoms with Gasteiger partial charge in [0.25, 0.3) is 5.92 Å². The second-order valence-electron chi connectivity index (χ2n) is 3.56. The van der Waals surface area contributed by atoms with Crippen LogP contribution in [0.1, 0.15) is 32.1 Å². The molecule has 0 saturated heterocycles. The molecule has 0 aromatic rings. The number of alkyl halides is 2. The van der Waals surface area contributed by atoms with Crippen LogP contribution in [0.25, 0.3) is 0 Å². The molecular formula is C9H12F2. The van der Waals surface area contributed by atoms with E-state index in [0.717, 1.165) is 31.8 Å². The minimum Gasteiger partial charge on any atom is -0.197 e. The zero-order chi connectivity index (χ0) is 7.90. The van der Waals surface area contributed by atoms with Gasteiger partial charge in [-0.1, -0.05) is 19.3 Å². The molecule has 0 unspecified atom stereocenters. The van der Waals surface area contributed by atoms with Crippen molar-refractivity contribution in [2.45, 2.75) is 38.0 Å². The normalized spacial score (nSPS) is 29.8. The molecule has 2 heteroatoms. The van der Waals surface area contributed by atoms with E-state index in [9.17, 15) is 8.78 Å². The maximum atomic E-state index is 12.5. The van der Waals surface area contributed by atoms with Crippen molar-refractivity contribution in [1.82, 2.24) is 0 Å². The highest BCUT2D eigenvalue weighted by molar-refractivity contribution is 5.39. The topological polar surface area (TPSA) is 0 Å². The molecule has 0 aromatic heterocycles. The van der Waals surface area contributed by atoms with Gasteiger partial charge in [-0.05, 0) is 24.8 Å². The Labute approximate surface area is 65.3 Å². The second-order valence-corrected chi connectivity index (χ2v) is 3.56. The molecule has 0 heterocycles. The van der Waals surface area contributed by atoms with E-state index in [0.29, 0.717) is 5.57 Å². The largest absolute Gasteiger partial charge is 0.288 e. The summed E-state index contributed by atoms with van der Waals surface area (Å²) >= 11 is 0. The zero-order valence-corrected chi connectivity index (χ0v) is 6.45. The molecule has 0 N–H and O–H groups in total. The van der Waals surface area contributed by atoms with Crippen LogP contribution in [0, 0.1) is 5.92 Å². The van der Waals surface area contributed by atoms with Gasteiger partial charge < -0.3 is 0 Å². The average molecular weight is 158 g/mol. The summed E-state index contributed by atoms with van der Waals surface area (Å²) in [5, 5.41) is 0. The fraction of sp³-hybridized carbons (Fsp3) is 0.778. The van der Waals surface area contributed by atoms with E-state index in [2.05, 4.69) is 0 Å². The molecule has 0 amide bonds. The lowest BCUT2D eigenvalue weighted by Gasteiger charge is -2.19. The van der Waals surface area contributed by atoms with Crippen LogP contribution >= 0.6 is 0 Å². The fourth-order valence-corrected chi connectivity index (χ4v) is 1.96. The van der Waals surface area contributed by atoms with E-state index in [1.807, 2.05) is 0 Å². The Morgan fingerprint density at radius 1 is 1.18 bits per heavy atom. The summed E-state index contributed by atoms with van der Waals surface area (Å²) in [5.41, 5.74) is 0.428. The van der Waals surface area contributed by atoms with Gasteiger partial charge in [0.2, 0.25) is 0 Å². The third-order valence-electron chi connectivity index (χ3n) is 2.68. The molecule has 0 nitrogen and oxygen atoms in total. The molecule has 0 aliphatic heterocycles. The van der Waals surface area contributed by atoms with Gasteiger partial charge >= 0.3 is 0 Å². The van der Waals surface area contributed by atoms with Crippen molar-refractivity contribution >= 4 is 0 Å². The number of allylic oxidation sites excluding steroid dienone is 2. The lowest BCUT2D eigenvalue weighted by molar-refractivity contribution is 0.130. The zero-order valence-electron chi connectivity index (χ0n) is 6.45. The third kappa shape index (κ3) is 1.31. The molecule has 0 bridgehead atoms. The smallest absolute Gasteiger partial charge is 0.197 e. The third-order valence-corrected chi connectivity index (χ3v) is 2.68. The van der Waals surface area contributed by atoms with Crippen LogP contribution in [-0.2, 0) is 0 Å². The molecule has 2 aliphatic carbocycles. The van der Waals surface area contributed by atoms with Crippen molar-refractivity contribution in [1.29, 1.82) is 0 Å². The molecule has 2 rings (SSSR count). The number of rotatable bonds is 1. The Balaban J connectivity index is 1.91. The van der Waals surface area contributed by atoms with Gasteiger partial charge in [0.05, 0.1) is 0 Å². The van der Waals surface area contributed by atoms with Crippen LogP contribution < -0.4 is 0 Å². The Kier molecular flexibility index (Phi) is 1.51. The van der Waals surface area contributed by atoms with E-state index >= 15 is 0 Å². The Bertz CT molecular complexity index is 188. The van der Waals surface area contributed by atoms with Crippen LogP contribution in [0.4, 0.5) is 8.78 Å². The fourth-order valence-electron chi connectivity index (χ4n) is 1.96. The molecule has 0 aromatic carbocycles. The van der Waals surface area contributed by atoms with Crippen LogP contribution in [0.2, 0.25) is 0 Å². The van der Waals surface area contributed by atoms with Crippen molar-refractivity contribution in [3.8, 4) is 0 Å². The Morgan fingerprint density at radius 3 is 2.18 bits per heavy atom. The summed E-state index contributed by atoms with van der Waals surface area (Å²) in [6.45, 7) is 0. The Morgan fingerprint density at radius 2 is 1.73 bits per heavy atom. The first kappa shape index (κ1) is 7.26. The molecule has 0 atom stereocenters. The van der Waals surface area contributed by atoms with Crippen molar-refractivity contribution in [3.05, 3.63) is 11.6 Å². The van der Waals surface area contributed by atoms with Crippen molar-refractivity contribution in [2.24, 2.45) is 5.92 Å². The van der Waals surface area contributed by atoms with Crippen LogP contribution in [0.3, 0.4) is 0 Å². The number of halogens is 2. The van der Waals surface area contributed by atoms with Gasteiger partial charge in [0, 0.05) is 5.57 Å². The molecule has 11 heavy (non-hydrogen) atoms. The summed E-state index contributed by atoms with van der Waals surface area (Å²) in [5.74, 6) is -2.26. The summed E-state index contributed by atoms with van der Waals surface area (Å²) in [6, 6.07) is 0. The molecule has 0 spiro atoms. The Hall–Kier alpha value is -0.400. The number of hydrogen-bond acceptors (Lipinski definition) is 0. The van der Waals surface area contributed by atoms with E-state index in [1.54, 1.807) is 0 Å². The van der Waals surface area contributed by atoms with E-state index < -0.39 is 5.92 Å². The van der Waals surface area contributed by atoms with E-state index in [4.69, 9.17) is 0 Å². The predicted molar refractivity (Wildman–Crippen MR) is 39.6 cm³/mol. The maximum Gasteiger partial charge on any atom is 0.288 e. The highest BCUT2D eigenvalue weighted by atomic mass is 19.3. The first-order valence-electron chi connectivity index (χ1n) is 4.31. The lowest BCUT2D eigenvalue weighted by Crippen LogP contribution is -2.10.